The van der Waals surface area contributed by atoms with Crippen molar-refractivity contribution in [2.75, 3.05) is 19.6 Å². The lowest BCUT2D eigenvalue weighted by Gasteiger charge is -2.37. The number of likely N-dealkylation sites (tertiary alicyclic amines) is 1. The molecule has 1 saturated heterocycles. The van der Waals surface area contributed by atoms with Gasteiger partial charge in [0.1, 0.15) is 5.54 Å². The molecule has 1 heterocycles. The average Bonchev–Trinajstić information content (AvgIpc) is 2.39. The van der Waals surface area contributed by atoms with E-state index in [1.807, 2.05) is 0 Å². The maximum atomic E-state index is 9.50. The maximum absolute atomic E-state index is 9.50. The molecule has 0 aromatic heterocycles. The van der Waals surface area contributed by atoms with E-state index in [9.17, 15) is 5.26 Å². The summed E-state index contributed by atoms with van der Waals surface area (Å²) in [4.78, 5) is 2.57. The van der Waals surface area contributed by atoms with Crippen LogP contribution in [-0.2, 0) is 0 Å². The highest BCUT2D eigenvalue weighted by Gasteiger charge is 2.29. The molecule has 0 amide bonds. The van der Waals surface area contributed by atoms with Gasteiger partial charge in [0.05, 0.1) is 6.07 Å². The molecule has 1 unspecified atom stereocenters. The van der Waals surface area contributed by atoms with Crippen LogP contribution in [0, 0.1) is 16.7 Å². The zero-order valence-corrected chi connectivity index (χ0v) is 14.1. The monoisotopic (exact) mass is 279 g/mol. The van der Waals surface area contributed by atoms with Crippen molar-refractivity contribution in [3.63, 3.8) is 0 Å². The first-order valence-electron chi connectivity index (χ1n) is 8.24. The van der Waals surface area contributed by atoms with E-state index in [1.165, 1.54) is 25.9 Å². The molecule has 116 valence electrons. The lowest BCUT2D eigenvalue weighted by atomic mass is 9.82. The van der Waals surface area contributed by atoms with Gasteiger partial charge in [-0.3, -0.25) is 5.32 Å². The van der Waals surface area contributed by atoms with Crippen LogP contribution in [0.4, 0.5) is 0 Å². The molecule has 3 nitrogen and oxygen atoms in total. The molecule has 1 aliphatic rings. The van der Waals surface area contributed by atoms with E-state index in [1.54, 1.807) is 0 Å². The van der Waals surface area contributed by atoms with Crippen LogP contribution in [0.25, 0.3) is 0 Å². The van der Waals surface area contributed by atoms with Crippen molar-refractivity contribution in [1.29, 1.82) is 5.26 Å². The Bertz CT molecular complexity index is 320. The third-order valence-corrected chi connectivity index (χ3v) is 4.67. The molecule has 0 spiro atoms. The van der Waals surface area contributed by atoms with Crippen molar-refractivity contribution in [3.8, 4) is 6.07 Å². The zero-order chi connectivity index (χ0) is 15.2. The van der Waals surface area contributed by atoms with Gasteiger partial charge in [0.25, 0.3) is 0 Å². The fraction of sp³-hybridized carbons (Fsp3) is 0.941. The van der Waals surface area contributed by atoms with Crippen LogP contribution in [0.5, 0.6) is 0 Å². The smallest absolute Gasteiger partial charge is 0.106 e. The van der Waals surface area contributed by atoms with Crippen LogP contribution < -0.4 is 5.32 Å². The first-order valence-corrected chi connectivity index (χ1v) is 8.24. The summed E-state index contributed by atoms with van der Waals surface area (Å²) < 4.78 is 0. The molecular formula is C17H33N3. The van der Waals surface area contributed by atoms with Gasteiger partial charge in [0.2, 0.25) is 0 Å². The average molecular weight is 279 g/mol. The predicted octanol–water partition coefficient (Wildman–Crippen LogP) is 3.56. The normalized spacial score (nSPS) is 22.4. The second kappa shape index (κ2) is 7.43. The second-order valence-electron chi connectivity index (χ2n) is 7.46. The summed E-state index contributed by atoms with van der Waals surface area (Å²) in [6, 6.07) is 2.88. The van der Waals surface area contributed by atoms with E-state index >= 15 is 0 Å². The van der Waals surface area contributed by atoms with Gasteiger partial charge in [-0.25, -0.2) is 0 Å². The molecule has 0 aliphatic carbocycles. The number of piperidine rings is 1. The molecular weight excluding hydrogens is 246 g/mol. The minimum absolute atomic E-state index is 0.330. The Morgan fingerprint density at radius 3 is 2.35 bits per heavy atom. The van der Waals surface area contributed by atoms with Crippen molar-refractivity contribution >= 4 is 0 Å². The van der Waals surface area contributed by atoms with Crippen molar-refractivity contribution in [2.45, 2.75) is 78.3 Å². The van der Waals surface area contributed by atoms with Gasteiger partial charge in [0.15, 0.2) is 0 Å². The van der Waals surface area contributed by atoms with Gasteiger partial charge in [-0.15, -0.1) is 0 Å². The van der Waals surface area contributed by atoms with Crippen molar-refractivity contribution in [3.05, 3.63) is 0 Å². The van der Waals surface area contributed by atoms with E-state index in [0.29, 0.717) is 11.5 Å². The number of rotatable bonds is 7. The molecule has 0 radical (unpaired) electrons. The summed E-state index contributed by atoms with van der Waals surface area (Å²) in [6.45, 7) is 14.7. The van der Waals surface area contributed by atoms with Crippen LogP contribution in [0.3, 0.4) is 0 Å². The Labute approximate surface area is 125 Å². The van der Waals surface area contributed by atoms with E-state index in [2.05, 4.69) is 50.9 Å². The first-order chi connectivity index (χ1) is 9.32. The minimum atomic E-state index is -0.330. The summed E-state index contributed by atoms with van der Waals surface area (Å²) >= 11 is 0. The minimum Gasteiger partial charge on any atom is -0.303 e. The number of hydrogen-bond donors (Lipinski definition) is 1. The van der Waals surface area contributed by atoms with Crippen LogP contribution in [-0.4, -0.2) is 36.1 Å². The molecule has 1 rings (SSSR count). The van der Waals surface area contributed by atoms with Gasteiger partial charge in [-0.05, 0) is 71.0 Å². The highest BCUT2D eigenvalue weighted by molar-refractivity contribution is 5.06. The molecule has 3 heteroatoms. The summed E-state index contributed by atoms with van der Waals surface area (Å²) in [6.07, 6.45) is 5.55. The van der Waals surface area contributed by atoms with Gasteiger partial charge >= 0.3 is 0 Å². The van der Waals surface area contributed by atoms with Crippen molar-refractivity contribution in [1.82, 2.24) is 10.2 Å². The first kappa shape index (κ1) is 17.5. The Morgan fingerprint density at radius 1 is 1.30 bits per heavy atom. The Kier molecular flexibility index (Phi) is 6.48. The Morgan fingerprint density at radius 2 is 1.90 bits per heavy atom. The lowest BCUT2D eigenvalue weighted by molar-refractivity contribution is 0.128. The third kappa shape index (κ3) is 5.42. The fourth-order valence-electron chi connectivity index (χ4n) is 3.06. The zero-order valence-electron chi connectivity index (χ0n) is 14.1. The SMILES string of the molecule is CCC(C#N)(CCCN1CCC(C)(C)CC1)NC(C)C. The third-order valence-electron chi connectivity index (χ3n) is 4.67. The number of hydrogen-bond acceptors (Lipinski definition) is 3. The second-order valence-corrected chi connectivity index (χ2v) is 7.46. The molecule has 1 aliphatic heterocycles. The van der Waals surface area contributed by atoms with Crippen LogP contribution >= 0.6 is 0 Å². The summed E-state index contributed by atoms with van der Waals surface area (Å²) in [5, 5.41) is 13.0. The topological polar surface area (TPSA) is 39.1 Å². The summed E-state index contributed by atoms with van der Waals surface area (Å²) in [5.74, 6) is 0. The molecule has 0 aromatic rings. The van der Waals surface area contributed by atoms with E-state index < -0.39 is 0 Å². The fourth-order valence-corrected chi connectivity index (χ4v) is 3.06. The van der Waals surface area contributed by atoms with Gasteiger partial charge in [0, 0.05) is 6.04 Å². The highest BCUT2D eigenvalue weighted by atomic mass is 15.1. The van der Waals surface area contributed by atoms with E-state index in [4.69, 9.17) is 0 Å². The number of nitrogens with one attached hydrogen (secondary N) is 1. The van der Waals surface area contributed by atoms with E-state index in [-0.39, 0.29) is 5.54 Å². The number of nitrogens with zero attached hydrogens (tertiary/aromatic N) is 2. The molecule has 1 N–H and O–H groups in total. The van der Waals surface area contributed by atoms with Gasteiger partial charge in [-0.1, -0.05) is 20.8 Å². The maximum Gasteiger partial charge on any atom is 0.106 e. The predicted molar refractivity (Wildman–Crippen MR) is 85.6 cm³/mol. The van der Waals surface area contributed by atoms with Gasteiger partial charge < -0.3 is 4.90 Å². The molecule has 1 atom stereocenters. The molecule has 0 aromatic carbocycles. The van der Waals surface area contributed by atoms with Crippen molar-refractivity contribution in [2.24, 2.45) is 5.41 Å². The molecule has 1 fully saturated rings. The molecule has 20 heavy (non-hydrogen) atoms. The molecule has 0 bridgehead atoms. The summed E-state index contributed by atoms with van der Waals surface area (Å²) in [7, 11) is 0. The van der Waals surface area contributed by atoms with Crippen LogP contribution in [0.2, 0.25) is 0 Å². The van der Waals surface area contributed by atoms with Gasteiger partial charge in [-0.2, -0.15) is 5.26 Å². The Balaban J connectivity index is 2.37. The quantitative estimate of drug-likeness (QED) is 0.774. The van der Waals surface area contributed by atoms with Crippen LogP contribution in [0.15, 0.2) is 0 Å². The number of nitriles is 1. The van der Waals surface area contributed by atoms with Crippen LogP contribution in [0.1, 0.15) is 66.7 Å². The van der Waals surface area contributed by atoms with E-state index in [0.717, 1.165) is 25.8 Å². The molecule has 0 saturated carbocycles. The lowest BCUT2D eigenvalue weighted by Crippen LogP contribution is -2.47. The largest absolute Gasteiger partial charge is 0.303 e. The standard InChI is InChI=1S/C17H33N3/c1-6-17(14-18,19-15(2)3)8-7-11-20-12-9-16(4,5)10-13-20/h15,19H,6-13H2,1-5H3. The Hall–Kier alpha value is -0.590. The van der Waals surface area contributed by atoms with Crippen molar-refractivity contribution < 1.29 is 0 Å². The highest BCUT2D eigenvalue weighted by Crippen LogP contribution is 2.30. The summed E-state index contributed by atoms with van der Waals surface area (Å²) in [5.41, 5.74) is 0.193.